The molecule has 3 nitrogen and oxygen atoms in total. The molecule has 3 heteroatoms. The van der Waals surface area contributed by atoms with Gasteiger partial charge >= 0.3 is 0 Å². The number of hydrogen-bond acceptors (Lipinski definition) is 3. The molecule has 0 aliphatic carbocycles. The number of rotatable bonds is 6. The smallest absolute Gasteiger partial charge is 0.140 e. The van der Waals surface area contributed by atoms with Crippen LogP contribution in [-0.2, 0) is 4.84 Å². The highest BCUT2D eigenvalue weighted by Gasteiger charge is 2.03. The van der Waals surface area contributed by atoms with Crippen molar-refractivity contribution in [3.05, 3.63) is 60.2 Å². The van der Waals surface area contributed by atoms with E-state index in [-0.39, 0.29) is 13.2 Å². The molecule has 0 aliphatic heterocycles. The standard InChI is InChI=1S/C17H19NO2/c1-2-17(18-20-13-12-19)16-10-8-15(9-11-16)14-6-4-3-5-7-14/h3-11,19H,2,12-13H2,1H3/b18-17+. The van der Waals surface area contributed by atoms with Crippen molar-refractivity contribution in [2.24, 2.45) is 5.16 Å². The molecule has 0 aliphatic rings. The summed E-state index contributed by atoms with van der Waals surface area (Å²) in [7, 11) is 0. The molecule has 0 heterocycles. The highest BCUT2D eigenvalue weighted by molar-refractivity contribution is 6.00. The first-order chi connectivity index (χ1) is 9.85. The largest absolute Gasteiger partial charge is 0.393 e. The van der Waals surface area contributed by atoms with Crippen LogP contribution in [0.1, 0.15) is 18.9 Å². The summed E-state index contributed by atoms with van der Waals surface area (Å²) in [5.74, 6) is 0. The van der Waals surface area contributed by atoms with Gasteiger partial charge in [0.2, 0.25) is 0 Å². The van der Waals surface area contributed by atoms with E-state index < -0.39 is 0 Å². The molecule has 0 saturated heterocycles. The molecule has 0 saturated carbocycles. The fourth-order valence-corrected chi connectivity index (χ4v) is 1.97. The zero-order valence-corrected chi connectivity index (χ0v) is 11.6. The second kappa shape index (κ2) is 7.46. The molecule has 2 aromatic carbocycles. The number of nitrogens with zero attached hydrogens (tertiary/aromatic N) is 1. The third-order valence-corrected chi connectivity index (χ3v) is 3.02. The fourth-order valence-electron chi connectivity index (χ4n) is 1.97. The van der Waals surface area contributed by atoms with Gasteiger partial charge < -0.3 is 9.94 Å². The third-order valence-electron chi connectivity index (χ3n) is 3.02. The first kappa shape index (κ1) is 14.3. The Kier molecular flexibility index (Phi) is 5.33. The van der Waals surface area contributed by atoms with E-state index in [1.807, 2.05) is 37.3 Å². The summed E-state index contributed by atoms with van der Waals surface area (Å²) in [4.78, 5) is 5.04. The van der Waals surface area contributed by atoms with Crippen LogP contribution in [0.5, 0.6) is 0 Å². The molecule has 0 radical (unpaired) electrons. The highest BCUT2D eigenvalue weighted by atomic mass is 16.6. The predicted octanol–water partition coefficient (Wildman–Crippen LogP) is 3.48. The molecule has 0 bridgehead atoms. The summed E-state index contributed by atoms with van der Waals surface area (Å²) in [6.45, 7) is 2.24. The van der Waals surface area contributed by atoms with Crippen LogP contribution < -0.4 is 0 Å². The van der Waals surface area contributed by atoms with Crippen molar-refractivity contribution in [2.75, 3.05) is 13.2 Å². The molecule has 0 amide bonds. The van der Waals surface area contributed by atoms with Gasteiger partial charge in [0, 0.05) is 0 Å². The second-order valence-electron chi connectivity index (χ2n) is 4.39. The molecule has 2 rings (SSSR count). The summed E-state index contributed by atoms with van der Waals surface area (Å²) >= 11 is 0. The second-order valence-corrected chi connectivity index (χ2v) is 4.39. The molecular formula is C17H19NO2. The zero-order chi connectivity index (χ0) is 14.2. The normalized spacial score (nSPS) is 11.4. The lowest BCUT2D eigenvalue weighted by molar-refractivity contribution is 0.0984. The van der Waals surface area contributed by atoms with Gasteiger partial charge in [-0.25, -0.2) is 0 Å². The van der Waals surface area contributed by atoms with Gasteiger partial charge in [-0.1, -0.05) is 66.7 Å². The predicted molar refractivity (Wildman–Crippen MR) is 81.7 cm³/mol. The Morgan fingerprint density at radius 2 is 1.65 bits per heavy atom. The minimum atomic E-state index is -0.0204. The monoisotopic (exact) mass is 269 g/mol. The maximum Gasteiger partial charge on any atom is 0.140 e. The van der Waals surface area contributed by atoms with E-state index in [0.717, 1.165) is 17.7 Å². The minimum absolute atomic E-state index is 0.0204. The van der Waals surface area contributed by atoms with Crippen molar-refractivity contribution < 1.29 is 9.94 Å². The van der Waals surface area contributed by atoms with Crippen molar-refractivity contribution in [3.8, 4) is 11.1 Å². The van der Waals surface area contributed by atoms with Crippen LogP contribution in [0.2, 0.25) is 0 Å². The van der Waals surface area contributed by atoms with Crippen molar-refractivity contribution in [3.63, 3.8) is 0 Å². The Morgan fingerprint density at radius 1 is 1.00 bits per heavy atom. The van der Waals surface area contributed by atoms with Crippen molar-refractivity contribution >= 4 is 5.71 Å². The summed E-state index contributed by atoms with van der Waals surface area (Å²) in [5, 5.41) is 12.8. The molecule has 0 fully saturated rings. The van der Waals surface area contributed by atoms with Crippen LogP contribution >= 0.6 is 0 Å². The fraction of sp³-hybridized carbons (Fsp3) is 0.235. The average Bonchev–Trinajstić information content (AvgIpc) is 2.53. The topological polar surface area (TPSA) is 41.8 Å². The van der Waals surface area contributed by atoms with E-state index in [0.29, 0.717) is 0 Å². The lowest BCUT2D eigenvalue weighted by atomic mass is 10.0. The number of aliphatic hydroxyl groups excluding tert-OH is 1. The van der Waals surface area contributed by atoms with Crippen molar-refractivity contribution in [2.45, 2.75) is 13.3 Å². The zero-order valence-electron chi connectivity index (χ0n) is 11.6. The van der Waals surface area contributed by atoms with Gasteiger partial charge in [-0.2, -0.15) is 0 Å². The number of benzene rings is 2. The Bertz CT molecular complexity index is 547. The van der Waals surface area contributed by atoms with Crippen LogP contribution in [0.4, 0.5) is 0 Å². The molecule has 0 aromatic heterocycles. The lowest BCUT2D eigenvalue weighted by Gasteiger charge is -2.06. The minimum Gasteiger partial charge on any atom is -0.393 e. The first-order valence-electron chi connectivity index (χ1n) is 6.80. The van der Waals surface area contributed by atoms with Gasteiger partial charge in [0.15, 0.2) is 0 Å². The summed E-state index contributed by atoms with van der Waals surface area (Å²) < 4.78 is 0. The summed E-state index contributed by atoms with van der Waals surface area (Å²) in [6, 6.07) is 18.5. The quantitative estimate of drug-likeness (QED) is 0.495. The van der Waals surface area contributed by atoms with Crippen LogP contribution in [0, 0.1) is 0 Å². The van der Waals surface area contributed by atoms with Crippen LogP contribution in [-0.4, -0.2) is 24.0 Å². The van der Waals surface area contributed by atoms with E-state index in [1.54, 1.807) is 0 Å². The highest BCUT2D eigenvalue weighted by Crippen LogP contribution is 2.19. The molecule has 20 heavy (non-hydrogen) atoms. The van der Waals surface area contributed by atoms with E-state index in [1.165, 1.54) is 11.1 Å². The van der Waals surface area contributed by atoms with Crippen molar-refractivity contribution in [1.82, 2.24) is 0 Å². The van der Waals surface area contributed by atoms with Gasteiger partial charge in [0.25, 0.3) is 0 Å². The molecule has 104 valence electrons. The van der Waals surface area contributed by atoms with Gasteiger partial charge in [-0.15, -0.1) is 0 Å². The Morgan fingerprint density at radius 3 is 2.25 bits per heavy atom. The van der Waals surface area contributed by atoms with Crippen LogP contribution in [0.25, 0.3) is 11.1 Å². The van der Waals surface area contributed by atoms with Crippen molar-refractivity contribution in [1.29, 1.82) is 0 Å². The maximum atomic E-state index is 8.69. The molecular weight excluding hydrogens is 250 g/mol. The van der Waals surface area contributed by atoms with E-state index in [9.17, 15) is 0 Å². The molecule has 0 atom stereocenters. The third kappa shape index (κ3) is 3.68. The molecule has 1 N–H and O–H groups in total. The molecule has 2 aromatic rings. The van der Waals surface area contributed by atoms with Crippen LogP contribution in [0.15, 0.2) is 59.8 Å². The van der Waals surface area contributed by atoms with E-state index in [2.05, 4.69) is 29.4 Å². The van der Waals surface area contributed by atoms with Gasteiger partial charge in [0.05, 0.1) is 12.3 Å². The lowest BCUT2D eigenvalue weighted by Crippen LogP contribution is -2.02. The Balaban J connectivity index is 2.16. The summed E-state index contributed by atoms with van der Waals surface area (Å²) in [6.07, 6.45) is 0.788. The number of oxime groups is 1. The first-order valence-corrected chi connectivity index (χ1v) is 6.80. The van der Waals surface area contributed by atoms with Gasteiger partial charge in [0.1, 0.15) is 6.61 Å². The maximum absolute atomic E-state index is 8.69. The Hall–Kier alpha value is -2.13. The molecule has 0 unspecified atom stereocenters. The number of hydrogen-bond donors (Lipinski definition) is 1. The molecule has 0 spiro atoms. The van der Waals surface area contributed by atoms with E-state index in [4.69, 9.17) is 9.94 Å². The SMILES string of the molecule is CC/C(=N\OCCO)c1ccc(-c2ccccc2)cc1. The van der Waals surface area contributed by atoms with Gasteiger partial charge in [-0.05, 0) is 23.1 Å². The number of aliphatic hydroxyl groups is 1. The average molecular weight is 269 g/mol. The van der Waals surface area contributed by atoms with Crippen LogP contribution in [0.3, 0.4) is 0 Å². The Labute approximate surface area is 119 Å². The summed E-state index contributed by atoms with van der Waals surface area (Å²) in [5.41, 5.74) is 4.31. The van der Waals surface area contributed by atoms with Gasteiger partial charge in [-0.3, -0.25) is 0 Å². The van der Waals surface area contributed by atoms with E-state index >= 15 is 0 Å².